The molecule has 0 spiro atoms. The quantitative estimate of drug-likeness (QED) is 0.435. The maximum atomic E-state index is 15.0. The Morgan fingerprint density at radius 3 is 2.53 bits per heavy atom. The van der Waals surface area contributed by atoms with E-state index in [1.54, 1.807) is 19.1 Å². The van der Waals surface area contributed by atoms with Crippen molar-refractivity contribution >= 4 is 16.6 Å². The second-order valence-corrected chi connectivity index (χ2v) is 8.10. The van der Waals surface area contributed by atoms with Crippen molar-refractivity contribution in [1.29, 1.82) is 0 Å². The van der Waals surface area contributed by atoms with Crippen molar-refractivity contribution in [3.05, 3.63) is 71.7 Å². The molecule has 0 radical (unpaired) electrons. The number of benzene rings is 2. The number of morpholine rings is 1. The highest BCUT2D eigenvalue weighted by molar-refractivity contribution is 5.94. The number of hydrogen-bond acceptors (Lipinski definition) is 7. The van der Waals surface area contributed by atoms with Crippen LogP contribution in [0.25, 0.3) is 22.2 Å². The SMILES string of the molecule is COc1ccc(C(C)c2cc(-c3ncnc4cc(N5CCOCC5)ccc34)c(F)cc2F)nn1. The van der Waals surface area contributed by atoms with Crippen LogP contribution in [0.3, 0.4) is 0 Å². The minimum Gasteiger partial charge on any atom is -0.480 e. The lowest BCUT2D eigenvalue weighted by Gasteiger charge is -2.29. The molecule has 0 amide bonds. The number of halogens is 2. The van der Waals surface area contributed by atoms with Crippen LogP contribution in [0.5, 0.6) is 5.88 Å². The topological polar surface area (TPSA) is 73.3 Å². The molecule has 1 aliphatic heterocycles. The fraction of sp³-hybridized carbons (Fsp3) is 0.280. The number of anilines is 1. The first-order valence-corrected chi connectivity index (χ1v) is 11.0. The molecule has 0 aliphatic carbocycles. The zero-order valence-electron chi connectivity index (χ0n) is 18.8. The number of fused-ring (bicyclic) bond motifs is 1. The summed E-state index contributed by atoms with van der Waals surface area (Å²) >= 11 is 0. The fourth-order valence-corrected chi connectivity index (χ4v) is 4.19. The van der Waals surface area contributed by atoms with Gasteiger partial charge in [-0.3, -0.25) is 0 Å². The van der Waals surface area contributed by atoms with Crippen molar-refractivity contribution in [1.82, 2.24) is 20.2 Å². The Morgan fingerprint density at radius 1 is 0.971 bits per heavy atom. The van der Waals surface area contributed by atoms with Gasteiger partial charge in [0.25, 0.3) is 0 Å². The van der Waals surface area contributed by atoms with E-state index >= 15 is 4.39 Å². The standard InChI is InChI=1S/C25H23F2N5O2/c1-15(22-5-6-24(33-2)31-30-22)18-12-19(21(27)13-20(18)26)25-17-4-3-16(11-23(17)28-14-29-25)32-7-9-34-10-8-32/h3-6,11-15H,7-10H2,1-2H3. The Morgan fingerprint density at radius 2 is 1.79 bits per heavy atom. The molecule has 1 aliphatic rings. The largest absolute Gasteiger partial charge is 0.480 e. The van der Waals surface area contributed by atoms with Gasteiger partial charge in [0.15, 0.2) is 0 Å². The summed E-state index contributed by atoms with van der Waals surface area (Å²) in [6, 6.07) is 11.6. The van der Waals surface area contributed by atoms with Crippen LogP contribution < -0.4 is 9.64 Å². The van der Waals surface area contributed by atoms with Gasteiger partial charge in [0, 0.05) is 47.8 Å². The van der Waals surface area contributed by atoms with E-state index < -0.39 is 17.6 Å². The summed E-state index contributed by atoms with van der Waals surface area (Å²) in [6.07, 6.45) is 1.40. The number of rotatable bonds is 5. The smallest absolute Gasteiger partial charge is 0.233 e. The number of ether oxygens (including phenoxy) is 2. The lowest BCUT2D eigenvalue weighted by molar-refractivity contribution is 0.122. The van der Waals surface area contributed by atoms with E-state index in [2.05, 4.69) is 25.1 Å². The van der Waals surface area contributed by atoms with Crippen LogP contribution in [-0.2, 0) is 4.74 Å². The number of methoxy groups -OCH3 is 1. The fourth-order valence-electron chi connectivity index (χ4n) is 4.19. The molecule has 1 atom stereocenters. The van der Waals surface area contributed by atoms with E-state index in [4.69, 9.17) is 9.47 Å². The van der Waals surface area contributed by atoms with Gasteiger partial charge in [-0.15, -0.1) is 5.10 Å². The molecule has 174 valence electrons. The molecule has 5 rings (SSSR count). The predicted octanol–water partition coefficient (Wildman–Crippen LogP) is 4.36. The molecule has 7 nitrogen and oxygen atoms in total. The van der Waals surface area contributed by atoms with Crippen LogP contribution in [0.1, 0.15) is 24.1 Å². The second kappa shape index (κ2) is 9.26. The van der Waals surface area contributed by atoms with Crippen LogP contribution in [0, 0.1) is 11.6 Å². The Bertz CT molecular complexity index is 1330. The molecule has 2 aromatic heterocycles. The van der Waals surface area contributed by atoms with Gasteiger partial charge in [-0.1, -0.05) is 6.92 Å². The average molecular weight is 463 g/mol. The Kier molecular flexibility index (Phi) is 6.02. The van der Waals surface area contributed by atoms with E-state index in [-0.39, 0.29) is 5.56 Å². The van der Waals surface area contributed by atoms with Crippen LogP contribution in [0.4, 0.5) is 14.5 Å². The third-order valence-corrected chi connectivity index (χ3v) is 6.12. The highest BCUT2D eigenvalue weighted by Gasteiger charge is 2.21. The molecule has 2 aromatic carbocycles. The first-order valence-electron chi connectivity index (χ1n) is 11.0. The molecule has 1 saturated heterocycles. The second-order valence-electron chi connectivity index (χ2n) is 8.10. The summed E-state index contributed by atoms with van der Waals surface area (Å²) in [5.74, 6) is -1.44. The molecule has 0 saturated carbocycles. The summed E-state index contributed by atoms with van der Waals surface area (Å²) in [4.78, 5) is 11.0. The monoisotopic (exact) mass is 463 g/mol. The van der Waals surface area contributed by atoms with E-state index in [9.17, 15) is 4.39 Å². The van der Waals surface area contributed by atoms with Gasteiger partial charge in [0.05, 0.1) is 37.2 Å². The number of nitrogens with zero attached hydrogens (tertiary/aromatic N) is 5. The van der Waals surface area contributed by atoms with Gasteiger partial charge < -0.3 is 14.4 Å². The first kappa shape index (κ1) is 22.1. The Hall–Kier alpha value is -3.72. The van der Waals surface area contributed by atoms with Crippen LogP contribution in [0.15, 0.2) is 48.8 Å². The molecule has 34 heavy (non-hydrogen) atoms. The maximum Gasteiger partial charge on any atom is 0.233 e. The van der Waals surface area contributed by atoms with Crippen molar-refractivity contribution in [3.63, 3.8) is 0 Å². The van der Waals surface area contributed by atoms with Gasteiger partial charge in [-0.2, -0.15) is 5.10 Å². The molecular weight excluding hydrogens is 440 g/mol. The number of hydrogen-bond donors (Lipinski definition) is 0. The minimum atomic E-state index is -0.688. The van der Waals surface area contributed by atoms with Crippen LogP contribution in [0.2, 0.25) is 0 Å². The lowest BCUT2D eigenvalue weighted by Crippen LogP contribution is -2.36. The average Bonchev–Trinajstić information content (AvgIpc) is 2.88. The Balaban J connectivity index is 1.55. The van der Waals surface area contributed by atoms with E-state index in [0.717, 1.165) is 24.8 Å². The lowest BCUT2D eigenvalue weighted by atomic mass is 9.93. The van der Waals surface area contributed by atoms with Crippen molar-refractivity contribution < 1.29 is 18.3 Å². The van der Waals surface area contributed by atoms with Gasteiger partial charge >= 0.3 is 0 Å². The van der Waals surface area contributed by atoms with Crippen molar-refractivity contribution in [2.75, 3.05) is 38.3 Å². The zero-order chi connectivity index (χ0) is 23.7. The zero-order valence-corrected chi connectivity index (χ0v) is 18.8. The Labute approximate surface area is 195 Å². The molecule has 3 heterocycles. The van der Waals surface area contributed by atoms with Gasteiger partial charge in [0.2, 0.25) is 5.88 Å². The van der Waals surface area contributed by atoms with E-state index in [1.807, 2.05) is 18.2 Å². The summed E-state index contributed by atoms with van der Waals surface area (Å²) in [5, 5.41) is 8.77. The summed E-state index contributed by atoms with van der Waals surface area (Å²) < 4.78 is 40.3. The van der Waals surface area contributed by atoms with Gasteiger partial charge in [-0.05, 0) is 35.9 Å². The molecule has 9 heteroatoms. The highest BCUT2D eigenvalue weighted by Crippen LogP contribution is 2.34. The van der Waals surface area contributed by atoms with E-state index in [1.165, 1.54) is 19.5 Å². The molecule has 0 N–H and O–H groups in total. The van der Waals surface area contributed by atoms with Crippen LogP contribution in [-0.4, -0.2) is 53.6 Å². The van der Waals surface area contributed by atoms with Gasteiger partial charge in [0.1, 0.15) is 18.0 Å². The minimum absolute atomic E-state index is 0.205. The predicted molar refractivity (Wildman–Crippen MR) is 124 cm³/mol. The summed E-state index contributed by atoms with van der Waals surface area (Å²) in [5.41, 5.74) is 3.16. The molecular formula is C25H23F2N5O2. The summed E-state index contributed by atoms with van der Waals surface area (Å²) in [7, 11) is 1.50. The van der Waals surface area contributed by atoms with Crippen LogP contribution >= 0.6 is 0 Å². The van der Waals surface area contributed by atoms with Gasteiger partial charge in [-0.25, -0.2) is 18.7 Å². The molecule has 1 fully saturated rings. The van der Waals surface area contributed by atoms with Crippen molar-refractivity contribution in [2.45, 2.75) is 12.8 Å². The third kappa shape index (κ3) is 4.14. The van der Waals surface area contributed by atoms with Crippen molar-refractivity contribution in [2.24, 2.45) is 0 Å². The maximum absolute atomic E-state index is 15.0. The van der Waals surface area contributed by atoms with Crippen molar-refractivity contribution in [3.8, 4) is 17.1 Å². The number of aromatic nitrogens is 4. The third-order valence-electron chi connectivity index (χ3n) is 6.12. The normalized spacial score (nSPS) is 14.9. The molecule has 1 unspecified atom stereocenters. The molecule has 4 aromatic rings. The summed E-state index contributed by atoms with van der Waals surface area (Å²) in [6.45, 7) is 4.74. The highest BCUT2D eigenvalue weighted by atomic mass is 19.1. The molecule has 0 bridgehead atoms. The van der Waals surface area contributed by atoms with E-state index in [0.29, 0.717) is 46.9 Å². The first-order chi connectivity index (χ1) is 16.5.